The molecule has 160 valence electrons. The summed E-state index contributed by atoms with van der Waals surface area (Å²) in [5.41, 5.74) is 2.52. The van der Waals surface area contributed by atoms with Gasteiger partial charge in [-0.2, -0.15) is 0 Å². The summed E-state index contributed by atoms with van der Waals surface area (Å²) < 4.78 is 6.20. The number of nitrogens with one attached hydrogen (secondary N) is 1. The zero-order chi connectivity index (χ0) is 21.5. The van der Waals surface area contributed by atoms with Gasteiger partial charge in [-0.15, -0.1) is 17.9 Å². The topological polar surface area (TPSA) is 54.5 Å². The standard InChI is InChI=1S/C25H27N3O2S/c1-2-11-27-24(29)25(17-20-5-7-22(8-6-20)23-4-3-16-31-23)19-28(14-15-30-25)18-21-9-12-26-13-10-21/h2-10,12-13,16H,1,11,14-15,17-19H2,(H,27,29)/t25-/m0/s1. The van der Waals surface area contributed by atoms with Crippen molar-refractivity contribution >= 4 is 17.2 Å². The number of rotatable bonds is 8. The molecule has 1 aliphatic rings. The van der Waals surface area contributed by atoms with Gasteiger partial charge in [0.1, 0.15) is 0 Å². The Morgan fingerprint density at radius 1 is 1.19 bits per heavy atom. The van der Waals surface area contributed by atoms with E-state index in [4.69, 9.17) is 4.74 Å². The maximum Gasteiger partial charge on any atom is 0.254 e. The van der Waals surface area contributed by atoms with E-state index in [1.54, 1.807) is 29.8 Å². The van der Waals surface area contributed by atoms with E-state index < -0.39 is 5.60 Å². The van der Waals surface area contributed by atoms with Gasteiger partial charge in [0, 0.05) is 49.9 Å². The van der Waals surface area contributed by atoms with Crippen molar-refractivity contribution in [3.63, 3.8) is 0 Å². The van der Waals surface area contributed by atoms with Crippen LogP contribution >= 0.6 is 11.3 Å². The summed E-state index contributed by atoms with van der Waals surface area (Å²) >= 11 is 1.72. The van der Waals surface area contributed by atoms with E-state index in [1.165, 1.54) is 16.0 Å². The maximum absolute atomic E-state index is 13.2. The Bertz CT molecular complexity index is 989. The zero-order valence-electron chi connectivity index (χ0n) is 17.5. The highest BCUT2D eigenvalue weighted by Gasteiger charge is 2.43. The van der Waals surface area contributed by atoms with Gasteiger partial charge >= 0.3 is 0 Å². The third kappa shape index (κ3) is 5.28. The molecule has 1 atom stereocenters. The maximum atomic E-state index is 13.2. The molecular formula is C25H27N3O2S. The minimum Gasteiger partial charge on any atom is -0.362 e. The number of thiophene rings is 1. The molecule has 3 heterocycles. The Morgan fingerprint density at radius 2 is 2.00 bits per heavy atom. The molecule has 3 aromatic rings. The molecule has 4 rings (SSSR count). The van der Waals surface area contributed by atoms with Crippen LogP contribution in [0.1, 0.15) is 11.1 Å². The first-order chi connectivity index (χ1) is 15.2. The molecule has 1 saturated heterocycles. The molecule has 1 aliphatic heterocycles. The summed E-state index contributed by atoms with van der Waals surface area (Å²) in [6.07, 6.45) is 5.82. The minimum atomic E-state index is -0.932. The van der Waals surface area contributed by atoms with Gasteiger partial charge < -0.3 is 10.1 Å². The van der Waals surface area contributed by atoms with Crippen LogP contribution in [0.15, 0.2) is 79.0 Å². The number of ether oxygens (including phenoxy) is 1. The average molecular weight is 434 g/mol. The Hall–Kier alpha value is -2.80. The van der Waals surface area contributed by atoms with Gasteiger partial charge in [-0.05, 0) is 40.3 Å². The first-order valence-corrected chi connectivity index (χ1v) is 11.3. The van der Waals surface area contributed by atoms with Crippen molar-refractivity contribution < 1.29 is 9.53 Å². The molecule has 1 fully saturated rings. The summed E-state index contributed by atoms with van der Waals surface area (Å²) in [5, 5.41) is 5.04. The normalized spacial score (nSPS) is 19.1. The Labute approximate surface area is 187 Å². The van der Waals surface area contributed by atoms with Crippen molar-refractivity contribution in [3.8, 4) is 10.4 Å². The van der Waals surface area contributed by atoms with Gasteiger partial charge in [0.05, 0.1) is 6.61 Å². The van der Waals surface area contributed by atoms with Crippen molar-refractivity contribution in [2.24, 2.45) is 0 Å². The lowest BCUT2D eigenvalue weighted by molar-refractivity contribution is -0.160. The van der Waals surface area contributed by atoms with Crippen LogP contribution in [-0.2, 0) is 22.5 Å². The largest absolute Gasteiger partial charge is 0.362 e. The number of pyridine rings is 1. The molecular weight excluding hydrogens is 406 g/mol. The molecule has 1 aromatic carbocycles. The third-order valence-corrected chi connectivity index (χ3v) is 6.41. The van der Waals surface area contributed by atoms with Gasteiger partial charge in [0.25, 0.3) is 5.91 Å². The predicted molar refractivity (Wildman–Crippen MR) is 125 cm³/mol. The van der Waals surface area contributed by atoms with Crippen LogP contribution in [0, 0.1) is 0 Å². The van der Waals surface area contributed by atoms with Crippen LogP contribution in [0.5, 0.6) is 0 Å². The van der Waals surface area contributed by atoms with Gasteiger partial charge in [-0.1, -0.05) is 36.4 Å². The Kier molecular flexibility index (Phi) is 6.92. The molecule has 0 spiro atoms. The molecule has 0 aliphatic carbocycles. The minimum absolute atomic E-state index is 0.0887. The van der Waals surface area contributed by atoms with Gasteiger partial charge in [0.15, 0.2) is 5.60 Å². The molecule has 6 heteroatoms. The van der Waals surface area contributed by atoms with E-state index in [2.05, 4.69) is 63.6 Å². The van der Waals surface area contributed by atoms with Crippen LogP contribution in [0.2, 0.25) is 0 Å². The van der Waals surface area contributed by atoms with Gasteiger partial charge in [-0.25, -0.2) is 0 Å². The summed E-state index contributed by atoms with van der Waals surface area (Å²) in [5.74, 6) is -0.0887. The average Bonchev–Trinajstić information content (AvgIpc) is 3.34. The molecule has 1 N–H and O–H groups in total. The molecule has 0 bridgehead atoms. The lowest BCUT2D eigenvalue weighted by atomic mass is 9.90. The second-order valence-electron chi connectivity index (χ2n) is 7.76. The number of nitrogens with zero attached hydrogens (tertiary/aromatic N) is 2. The van der Waals surface area contributed by atoms with Crippen molar-refractivity contribution in [1.29, 1.82) is 0 Å². The smallest absolute Gasteiger partial charge is 0.254 e. The monoisotopic (exact) mass is 433 g/mol. The summed E-state index contributed by atoms with van der Waals surface area (Å²) in [4.78, 5) is 20.8. The van der Waals surface area contributed by atoms with Crippen molar-refractivity contribution in [3.05, 3.63) is 90.1 Å². The first kappa shape index (κ1) is 21.4. The van der Waals surface area contributed by atoms with E-state index in [0.29, 0.717) is 26.1 Å². The van der Waals surface area contributed by atoms with E-state index in [-0.39, 0.29) is 5.91 Å². The second-order valence-corrected chi connectivity index (χ2v) is 8.71. The lowest BCUT2D eigenvalue weighted by Crippen LogP contribution is -2.61. The summed E-state index contributed by atoms with van der Waals surface area (Å²) in [6.45, 7) is 6.74. The number of morpholine rings is 1. The van der Waals surface area contributed by atoms with Crippen molar-refractivity contribution in [1.82, 2.24) is 15.2 Å². The van der Waals surface area contributed by atoms with Crippen LogP contribution in [0.4, 0.5) is 0 Å². The fourth-order valence-corrected chi connectivity index (χ4v) is 4.68. The fraction of sp³-hybridized carbons (Fsp3) is 0.280. The van der Waals surface area contributed by atoms with Gasteiger partial charge in [-0.3, -0.25) is 14.7 Å². The zero-order valence-corrected chi connectivity index (χ0v) is 18.3. The SMILES string of the molecule is C=CCNC(=O)[C@]1(Cc2ccc(-c3cccs3)cc2)CN(Cc2ccncc2)CCO1. The molecule has 0 radical (unpaired) electrons. The lowest BCUT2D eigenvalue weighted by Gasteiger charge is -2.41. The number of hydrogen-bond donors (Lipinski definition) is 1. The highest BCUT2D eigenvalue weighted by Crippen LogP contribution is 2.28. The van der Waals surface area contributed by atoms with E-state index >= 15 is 0 Å². The van der Waals surface area contributed by atoms with Crippen molar-refractivity contribution in [2.45, 2.75) is 18.6 Å². The van der Waals surface area contributed by atoms with E-state index in [9.17, 15) is 4.79 Å². The molecule has 0 saturated carbocycles. The van der Waals surface area contributed by atoms with Crippen LogP contribution in [0.25, 0.3) is 10.4 Å². The number of aromatic nitrogens is 1. The summed E-state index contributed by atoms with van der Waals surface area (Å²) in [7, 11) is 0. The van der Waals surface area contributed by atoms with Crippen molar-refractivity contribution in [2.75, 3.05) is 26.2 Å². The molecule has 0 unspecified atom stereocenters. The number of carbonyl (C=O) groups is 1. The molecule has 5 nitrogen and oxygen atoms in total. The van der Waals surface area contributed by atoms with E-state index in [1.807, 2.05) is 12.1 Å². The molecule has 1 amide bonds. The number of amides is 1. The van der Waals surface area contributed by atoms with Crippen LogP contribution in [-0.4, -0.2) is 47.6 Å². The fourth-order valence-electron chi connectivity index (χ4n) is 3.95. The highest BCUT2D eigenvalue weighted by atomic mass is 32.1. The number of hydrogen-bond acceptors (Lipinski definition) is 5. The Morgan fingerprint density at radius 3 is 2.71 bits per heavy atom. The molecule has 31 heavy (non-hydrogen) atoms. The Balaban J connectivity index is 1.54. The quantitative estimate of drug-likeness (QED) is 0.547. The third-order valence-electron chi connectivity index (χ3n) is 5.49. The first-order valence-electron chi connectivity index (χ1n) is 10.5. The molecule has 2 aromatic heterocycles. The van der Waals surface area contributed by atoms with Gasteiger partial charge in [0.2, 0.25) is 0 Å². The van der Waals surface area contributed by atoms with Crippen LogP contribution in [0.3, 0.4) is 0 Å². The number of carbonyl (C=O) groups excluding carboxylic acids is 1. The number of benzene rings is 1. The predicted octanol–water partition coefficient (Wildman–Crippen LogP) is 3.93. The highest BCUT2D eigenvalue weighted by molar-refractivity contribution is 7.13. The van der Waals surface area contributed by atoms with Crippen LogP contribution < -0.4 is 5.32 Å². The van der Waals surface area contributed by atoms with E-state index in [0.717, 1.165) is 18.7 Å². The summed E-state index contributed by atoms with van der Waals surface area (Å²) in [6, 6.07) is 16.6. The second kappa shape index (κ2) is 10.0.